The lowest BCUT2D eigenvalue weighted by molar-refractivity contribution is -0.142. The molecule has 34 heavy (non-hydrogen) atoms. The second kappa shape index (κ2) is 10.4. The molecule has 1 saturated heterocycles. The first kappa shape index (κ1) is 24.7. The van der Waals surface area contributed by atoms with Crippen LogP contribution < -0.4 is 16.0 Å². The fraction of sp³-hybridized carbons (Fsp3) is 0.304. The van der Waals surface area contributed by atoms with E-state index in [2.05, 4.69) is 16.0 Å². The van der Waals surface area contributed by atoms with Gasteiger partial charge in [-0.05, 0) is 17.2 Å². The number of aliphatic carboxylic acids is 1. The van der Waals surface area contributed by atoms with Gasteiger partial charge in [0.2, 0.25) is 17.7 Å². The SMILES string of the molecule is O=C(C[C@@H]1NC(=O)[C@H](Cc2ccccc2)NC1=O)N[C@H](Cc1cccc(C(F)(F)F)c1)C(=O)O. The molecule has 0 saturated carbocycles. The summed E-state index contributed by atoms with van der Waals surface area (Å²) in [6, 6.07) is 9.59. The molecule has 2 aromatic carbocycles. The number of hydrogen-bond acceptors (Lipinski definition) is 4. The Hall–Kier alpha value is -3.89. The maximum Gasteiger partial charge on any atom is 0.416 e. The Morgan fingerprint density at radius 3 is 2.21 bits per heavy atom. The highest BCUT2D eigenvalue weighted by molar-refractivity contribution is 5.99. The van der Waals surface area contributed by atoms with Crippen LogP contribution in [0.15, 0.2) is 54.6 Å². The average molecular weight is 477 g/mol. The maximum atomic E-state index is 12.9. The number of alkyl halides is 3. The lowest BCUT2D eigenvalue weighted by Crippen LogP contribution is -2.63. The third-order valence-corrected chi connectivity index (χ3v) is 5.27. The summed E-state index contributed by atoms with van der Waals surface area (Å²) in [5.74, 6) is -3.38. The summed E-state index contributed by atoms with van der Waals surface area (Å²) in [6.07, 6.45) is -5.26. The summed E-state index contributed by atoms with van der Waals surface area (Å²) in [6.45, 7) is 0. The summed E-state index contributed by atoms with van der Waals surface area (Å²) in [4.78, 5) is 48.7. The van der Waals surface area contributed by atoms with Gasteiger partial charge in [0.1, 0.15) is 18.1 Å². The molecule has 180 valence electrons. The first-order valence-electron chi connectivity index (χ1n) is 10.4. The first-order valence-corrected chi connectivity index (χ1v) is 10.4. The molecule has 3 amide bonds. The van der Waals surface area contributed by atoms with Crippen LogP contribution >= 0.6 is 0 Å². The van der Waals surface area contributed by atoms with Gasteiger partial charge in [-0.1, -0.05) is 48.5 Å². The lowest BCUT2D eigenvalue weighted by Gasteiger charge is -2.29. The van der Waals surface area contributed by atoms with Crippen molar-refractivity contribution in [3.05, 3.63) is 71.3 Å². The fourth-order valence-corrected chi connectivity index (χ4v) is 3.56. The summed E-state index contributed by atoms with van der Waals surface area (Å²) in [5.41, 5.74) is -0.0415. The topological polar surface area (TPSA) is 125 Å². The Morgan fingerprint density at radius 2 is 1.56 bits per heavy atom. The Balaban J connectivity index is 1.58. The molecule has 8 nitrogen and oxygen atoms in total. The minimum atomic E-state index is -4.59. The average Bonchev–Trinajstić information content (AvgIpc) is 2.77. The van der Waals surface area contributed by atoms with Gasteiger partial charge in [0, 0.05) is 12.8 Å². The number of carboxylic acid groups (broad SMARTS) is 1. The molecule has 0 aliphatic carbocycles. The van der Waals surface area contributed by atoms with Crippen LogP contribution in [0.2, 0.25) is 0 Å². The van der Waals surface area contributed by atoms with E-state index < -0.39 is 66.4 Å². The van der Waals surface area contributed by atoms with E-state index in [-0.39, 0.29) is 12.0 Å². The monoisotopic (exact) mass is 477 g/mol. The normalized spacial score (nSPS) is 19.0. The molecule has 3 rings (SSSR count). The highest BCUT2D eigenvalue weighted by Crippen LogP contribution is 2.29. The van der Waals surface area contributed by atoms with Crippen molar-refractivity contribution in [3.8, 4) is 0 Å². The van der Waals surface area contributed by atoms with Gasteiger partial charge in [-0.15, -0.1) is 0 Å². The minimum absolute atomic E-state index is 0.0648. The number of carbonyl (C=O) groups is 4. The van der Waals surface area contributed by atoms with E-state index in [0.29, 0.717) is 0 Å². The van der Waals surface area contributed by atoms with Crippen LogP contribution in [0.5, 0.6) is 0 Å². The van der Waals surface area contributed by atoms with Crippen LogP contribution in [-0.2, 0) is 38.2 Å². The van der Waals surface area contributed by atoms with Gasteiger partial charge in [0.15, 0.2) is 0 Å². The zero-order valence-corrected chi connectivity index (χ0v) is 17.8. The Morgan fingerprint density at radius 1 is 0.941 bits per heavy atom. The van der Waals surface area contributed by atoms with Crippen molar-refractivity contribution < 1.29 is 37.5 Å². The number of hydrogen-bond donors (Lipinski definition) is 4. The van der Waals surface area contributed by atoms with Gasteiger partial charge in [0.05, 0.1) is 12.0 Å². The number of halogens is 3. The van der Waals surface area contributed by atoms with Gasteiger partial charge in [-0.3, -0.25) is 14.4 Å². The number of rotatable bonds is 8. The van der Waals surface area contributed by atoms with Gasteiger partial charge >= 0.3 is 12.1 Å². The number of nitrogens with one attached hydrogen (secondary N) is 3. The van der Waals surface area contributed by atoms with Crippen LogP contribution in [0.1, 0.15) is 23.1 Å². The van der Waals surface area contributed by atoms with E-state index in [0.717, 1.165) is 23.8 Å². The summed E-state index contributed by atoms with van der Waals surface area (Å²) in [5, 5.41) is 16.6. The van der Waals surface area contributed by atoms with Crippen LogP contribution in [0.3, 0.4) is 0 Å². The Kier molecular flexibility index (Phi) is 7.54. The molecule has 1 heterocycles. The van der Waals surface area contributed by atoms with Crippen molar-refractivity contribution in [3.63, 3.8) is 0 Å². The Labute approximate surface area is 192 Å². The highest BCUT2D eigenvalue weighted by atomic mass is 19.4. The van der Waals surface area contributed by atoms with E-state index in [4.69, 9.17) is 0 Å². The molecule has 11 heteroatoms. The summed E-state index contributed by atoms with van der Waals surface area (Å²) in [7, 11) is 0. The van der Waals surface area contributed by atoms with Crippen molar-refractivity contribution in [2.75, 3.05) is 0 Å². The van der Waals surface area contributed by atoms with Crippen molar-refractivity contribution >= 4 is 23.7 Å². The van der Waals surface area contributed by atoms with Crippen LogP contribution in [0.25, 0.3) is 0 Å². The zero-order valence-electron chi connectivity index (χ0n) is 17.8. The smallest absolute Gasteiger partial charge is 0.416 e. The predicted octanol–water partition coefficient (Wildman–Crippen LogP) is 1.43. The van der Waals surface area contributed by atoms with Gasteiger partial charge in [-0.2, -0.15) is 13.2 Å². The molecule has 0 aromatic heterocycles. The minimum Gasteiger partial charge on any atom is -0.480 e. The summed E-state index contributed by atoms with van der Waals surface area (Å²) >= 11 is 0. The Bertz CT molecular complexity index is 1080. The van der Waals surface area contributed by atoms with E-state index >= 15 is 0 Å². The first-order chi connectivity index (χ1) is 16.0. The molecule has 0 spiro atoms. The fourth-order valence-electron chi connectivity index (χ4n) is 3.56. The van der Waals surface area contributed by atoms with Crippen LogP contribution in [0, 0.1) is 0 Å². The predicted molar refractivity (Wildman–Crippen MR) is 113 cm³/mol. The largest absolute Gasteiger partial charge is 0.480 e. The highest BCUT2D eigenvalue weighted by Gasteiger charge is 2.35. The third-order valence-electron chi connectivity index (χ3n) is 5.27. The second-order valence-electron chi connectivity index (χ2n) is 7.88. The van der Waals surface area contributed by atoms with E-state index in [1.165, 1.54) is 6.07 Å². The number of carbonyl (C=O) groups excluding carboxylic acids is 3. The van der Waals surface area contributed by atoms with E-state index in [1.807, 2.05) is 6.07 Å². The van der Waals surface area contributed by atoms with Crippen LogP contribution in [-0.4, -0.2) is 46.9 Å². The van der Waals surface area contributed by atoms with E-state index in [1.54, 1.807) is 24.3 Å². The standard InChI is InChI=1S/C23H22F3N3O5/c24-23(25,26)15-8-4-7-14(9-15)11-18(22(33)34)27-19(30)12-17-21(32)28-16(20(31)29-17)10-13-5-2-1-3-6-13/h1-9,16-18H,10-12H2,(H,27,30)(H,28,32)(H,29,31)(H,33,34)/t16-,17-,18+/m0/s1. The molecule has 2 aromatic rings. The molecule has 4 N–H and O–H groups in total. The van der Waals surface area contributed by atoms with Crippen molar-refractivity contribution in [2.45, 2.75) is 43.6 Å². The van der Waals surface area contributed by atoms with E-state index in [9.17, 15) is 37.5 Å². The van der Waals surface area contributed by atoms with Gasteiger partial charge in [-0.25, -0.2) is 4.79 Å². The molecule has 3 atom stereocenters. The number of benzene rings is 2. The van der Waals surface area contributed by atoms with Crippen molar-refractivity contribution in [1.82, 2.24) is 16.0 Å². The van der Waals surface area contributed by atoms with Crippen molar-refractivity contribution in [2.24, 2.45) is 0 Å². The molecule has 0 bridgehead atoms. The van der Waals surface area contributed by atoms with Gasteiger partial charge < -0.3 is 21.1 Å². The van der Waals surface area contributed by atoms with Crippen LogP contribution in [0.4, 0.5) is 13.2 Å². The number of carboxylic acids is 1. The molecule has 0 unspecified atom stereocenters. The molecule has 0 radical (unpaired) electrons. The molecule has 1 fully saturated rings. The number of amides is 3. The second-order valence-corrected chi connectivity index (χ2v) is 7.88. The molecule has 1 aliphatic rings. The number of piperazine rings is 1. The molecular formula is C23H22F3N3O5. The van der Waals surface area contributed by atoms with Crippen molar-refractivity contribution in [1.29, 1.82) is 0 Å². The third kappa shape index (κ3) is 6.56. The quantitative estimate of drug-likeness (QED) is 0.458. The maximum absolute atomic E-state index is 12.9. The zero-order chi connectivity index (χ0) is 24.9. The summed E-state index contributed by atoms with van der Waals surface area (Å²) < 4.78 is 38.7. The molecule has 1 aliphatic heterocycles. The lowest BCUT2D eigenvalue weighted by atomic mass is 10.00. The molecular weight excluding hydrogens is 455 g/mol. The van der Waals surface area contributed by atoms with Gasteiger partial charge in [0.25, 0.3) is 0 Å².